The van der Waals surface area contributed by atoms with Gasteiger partial charge >= 0.3 is 0 Å². The lowest BCUT2D eigenvalue weighted by molar-refractivity contribution is 0.912. The van der Waals surface area contributed by atoms with Crippen LogP contribution in [0, 0.1) is 0 Å². The van der Waals surface area contributed by atoms with E-state index < -0.39 is 0 Å². The van der Waals surface area contributed by atoms with E-state index in [1.165, 1.54) is 6.33 Å². The van der Waals surface area contributed by atoms with E-state index in [1.807, 2.05) is 6.07 Å². The van der Waals surface area contributed by atoms with Crippen LogP contribution < -0.4 is 5.73 Å². The molecular weight excluding hydrogens is 128 g/mol. The first-order valence-electron chi connectivity index (χ1n) is 2.91. The molecule has 0 aromatic carbocycles. The Bertz CT molecular complexity index is 351. The summed E-state index contributed by atoms with van der Waals surface area (Å²) < 4.78 is 1.63. The summed E-state index contributed by atoms with van der Waals surface area (Å²) in [5.74, 6) is 0.636. The summed E-state index contributed by atoms with van der Waals surface area (Å²) in [6, 6.07) is 3.67. The number of nitrogens with zero attached hydrogens (tertiary/aromatic N) is 3. The summed E-state index contributed by atoms with van der Waals surface area (Å²) in [5.41, 5.74) is 6.47. The van der Waals surface area contributed by atoms with Crippen LogP contribution in [0.15, 0.2) is 24.7 Å². The molecule has 10 heavy (non-hydrogen) atoms. The fourth-order valence-electron chi connectivity index (χ4n) is 0.883. The summed E-state index contributed by atoms with van der Waals surface area (Å²) in [6.07, 6.45) is 3.17. The number of hydrogen-bond acceptors (Lipinski definition) is 3. The lowest BCUT2D eigenvalue weighted by Crippen LogP contribution is -1.96. The van der Waals surface area contributed by atoms with Crippen LogP contribution in [0.4, 0.5) is 5.82 Å². The molecule has 0 saturated carbocycles. The van der Waals surface area contributed by atoms with Gasteiger partial charge in [-0.2, -0.15) is 5.10 Å². The molecule has 4 nitrogen and oxygen atoms in total. The third kappa shape index (κ3) is 0.556. The number of nitrogen functional groups attached to an aromatic ring is 1. The van der Waals surface area contributed by atoms with Gasteiger partial charge in [0.05, 0.1) is 11.7 Å². The molecule has 2 heterocycles. The Balaban J connectivity index is 2.93. The molecule has 50 valence electrons. The molecule has 0 atom stereocenters. The number of nitrogens with two attached hydrogens (primary N) is 1. The van der Waals surface area contributed by atoms with Gasteiger partial charge in [-0.05, 0) is 12.1 Å². The Labute approximate surface area is 57.3 Å². The maximum atomic E-state index is 5.55. The second kappa shape index (κ2) is 1.70. The summed E-state index contributed by atoms with van der Waals surface area (Å²) in [5, 5.41) is 3.92. The molecule has 2 rings (SSSR count). The molecule has 2 N–H and O–H groups in total. The van der Waals surface area contributed by atoms with Crippen LogP contribution in [0.2, 0.25) is 0 Å². The van der Waals surface area contributed by atoms with Gasteiger partial charge in [-0.1, -0.05) is 0 Å². The molecule has 0 amide bonds. The molecule has 0 aliphatic rings. The van der Waals surface area contributed by atoms with E-state index >= 15 is 0 Å². The number of hydrogen-bond donors (Lipinski definition) is 1. The van der Waals surface area contributed by atoms with E-state index in [0.717, 1.165) is 5.52 Å². The van der Waals surface area contributed by atoms with Crippen molar-refractivity contribution >= 4 is 11.3 Å². The molecular formula is C6H6N4. The molecule has 0 unspecified atom stereocenters. The Hall–Kier alpha value is -1.58. The minimum atomic E-state index is 0.636. The molecule has 0 fully saturated rings. The van der Waals surface area contributed by atoms with Crippen LogP contribution in [0.5, 0.6) is 0 Å². The summed E-state index contributed by atoms with van der Waals surface area (Å²) in [4.78, 5) is 3.84. The number of anilines is 1. The van der Waals surface area contributed by atoms with Crippen molar-refractivity contribution in [3.05, 3.63) is 24.7 Å². The highest BCUT2D eigenvalue weighted by molar-refractivity contribution is 5.52. The van der Waals surface area contributed by atoms with Gasteiger partial charge in [0.25, 0.3) is 0 Å². The van der Waals surface area contributed by atoms with Gasteiger partial charge in [0, 0.05) is 0 Å². The van der Waals surface area contributed by atoms with Crippen LogP contribution in [0.25, 0.3) is 5.52 Å². The number of rotatable bonds is 0. The van der Waals surface area contributed by atoms with Crippen molar-refractivity contribution < 1.29 is 0 Å². The van der Waals surface area contributed by atoms with Crippen molar-refractivity contribution in [3.63, 3.8) is 0 Å². The molecule has 4 heteroatoms. The molecule has 0 radical (unpaired) electrons. The highest BCUT2D eigenvalue weighted by Crippen LogP contribution is 2.06. The highest BCUT2D eigenvalue weighted by Gasteiger charge is 1.94. The molecule has 0 aliphatic heterocycles. The monoisotopic (exact) mass is 134 g/mol. The Morgan fingerprint density at radius 1 is 1.40 bits per heavy atom. The lowest BCUT2D eigenvalue weighted by atomic mass is 10.5. The molecule has 2 aromatic rings. The van der Waals surface area contributed by atoms with Crippen LogP contribution >= 0.6 is 0 Å². The topological polar surface area (TPSA) is 56.2 Å². The average molecular weight is 134 g/mol. The predicted octanol–water partition coefficient (Wildman–Crippen LogP) is 0.311. The summed E-state index contributed by atoms with van der Waals surface area (Å²) in [7, 11) is 0. The van der Waals surface area contributed by atoms with Gasteiger partial charge in [0.1, 0.15) is 12.1 Å². The fraction of sp³-hybridized carbons (Fsp3) is 0. The van der Waals surface area contributed by atoms with Crippen molar-refractivity contribution in [1.82, 2.24) is 14.6 Å². The zero-order valence-corrected chi connectivity index (χ0v) is 5.23. The average Bonchev–Trinajstić information content (AvgIpc) is 2.34. The molecule has 2 aromatic heterocycles. The molecule has 0 bridgehead atoms. The van der Waals surface area contributed by atoms with Gasteiger partial charge in [0.2, 0.25) is 0 Å². The van der Waals surface area contributed by atoms with Crippen molar-refractivity contribution in [3.8, 4) is 0 Å². The molecule has 0 spiro atoms. The highest BCUT2D eigenvalue weighted by atomic mass is 15.3. The first-order chi connectivity index (χ1) is 4.88. The quantitative estimate of drug-likeness (QED) is 0.564. The van der Waals surface area contributed by atoms with Crippen molar-refractivity contribution in [1.29, 1.82) is 0 Å². The lowest BCUT2D eigenvalue weighted by Gasteiger charge is -1.91. The van der Waals surface area contributed by atoms with Crippen LogP contribution in [-0.2, 0) is 0 Å². The number of fused-ring (bicyclic) bond motifs is 1. The van der Waals surface area contributed by atoms with Crippen LogP contribution in [0.1, 0.15) is 0 Å². The number of aromatic nitrogens is 3. The first-order valence-corrected chi connectivity index (χ1v) is 2.91. The summed E-state index contributed by atoms with van der Waals surface area (Å²) in [6.45, 7) is 0. The maximum Gasteiger partial charge on any atom is 0.136 e. The van der Waals surface area contributed by atoms with Crippen molar-refractivity contribution in [2.24, 2.45) is 0 Å². The van der Waals surface area contributed by atoms with Gasteiger partial charge in [-0.25, -0.2) is 9.50 Å². The third-order valence-electron chi connectivity index (χ3n) is 1.35. The van der Waals surface area contributed by atoms with Crippen LogP contribution in [-0.4, -0.2) is 14.6 Å². The van der Waals surface area contributed by atoms with E-state index in [4.69, 9.17) is 5.73 Å². The molecule has 0 saturated heterocycles. The van der Waals surface area contributed by atoms with Crippen LogP contribution in [0.3, 0.4) is 0 Å². The minimum absolute atomic E-state index is 0.636. The zero-order chi connectivity index (χ0) is 6.97. The molecule has 0 aliphatic carbocycles. The Morgan fingerprint density at radius 2 is 2.30 bits per heavy atom. The van der Waals surface area contributed by atoms with Crippen molar-refractivity contribution in [2.75, 3.05) is 5.73 Å². The van der Waals surface area contributed by atoms with Crippen molar-refractivity contribution in [2.45, 2.75) is 0 Å². The zero-order valence-electron chi connectivity index (χ0n) is 5.23. The summed E-state index contributed by atoms with van der Waals surface area (Å²) >= 11 is 0. The van der Waals surface area contributed by atoms with Gasteiger partial charge in [-0.15, -0.1) is 0 Å². The maximum absolute atomic E-state index is 5.55. The second-order valence-corrected chi connectivity index (χ2v) is 2.00. The standard InChI is InChI=1S/C6H6N4/c7-6-2-1-5-3-8-4-9-10(5)6/h1-4H,7H2. The van der Waals surface area contributed by atoms with E-state index in [0.29, 0.717) is 5.82 Å². The first kappa shape index (κ1) is 5.22. The van der Waals surface area contributed by atoms with Gasteiger partial charge in [-0.3, -0.25) is 0 Å². The SMILES string of the molecule is Nc1ccc2cncnn12. The van der Waals surface area contributed by atoms with E-state index in [2.05, 4.69) is 10.1 Å². The van der Waals surface area contributed by atoms with Gasteiger partial charge in [0.15, 0.2) is 0 Å². The Kier molecular flexibility index (Phi) is 0.887. The van der Waals surface area contributed by atoms with Gasteiger partial charge < -0.3 is 5.73 Å². The normalized spacial score (nSPS) is 10.4. The third-order valence-corrected chi connectivity index (χ3v) is 1.35. The van der Waals surface area contributed by atoms with E-state index in [1.54, 1.807) is 16.8 Å². The van der Waals surface area contributed by atoms with E-state index in [-0.39, 0.29) is 0 Å². The second-order valence-electron chi connectivity index (χ2n) is 2.00. The van der Waals surface area contributed by atoms with E-state index in [9.17, 15) is 0 Å². The Morgan fingerprint density at radius 3 is 3.10 bits per heavy atom. The largest absolute Gasteiger partial charge is 0.384 e. The minimum Gasteiger partial charge on any atom is -0.384 e. The predicted molar refractivity (Wildman–Crippen MR) is 37.4 cm³/mol. The fourth-order valence-corrected chi connectivity index (χ4v) is 0.883. The smallest absolute Gasteiger partial charge is 0.136 e.